The maximum Gasteiger partial charge on any atom is 0.242 e. The Morgan fingerprint density at radius 1 is 1.42 bits per heavy atom. The average molecular weight is 345 g/mol. The van der Waals surface area contributed by atoms with Gasteiger partial charge in [0.15, 0.2) is 0 Å². The number of H-pyrrole nitrogens is 1. The molecule has 0 spiro atoms. The molecular weight excluding hydrogens is 332 g/mol. The maximum atomic E-state index is 12.2. The van der Waals surface area contributed by atoms with Gasteiger partial charge in [-0.25, -0.2) is 18.1 Å². The molecular formula is C11H13BrN4O2S. The van der Waals surface area contributed by atoms with Gasteiger partial charge in [0, 0.05) is 23.4 Å². The van der Waals surface area contributed by atoms with E-state index in [1.165, 1.54) is 0 Å². The van der Waals surface area contributed by atoms with Crippen LogP contribution in [0.3, 0.4) is 0 Å². The van der Waals surface area contributed by atoms with Gasteiger partial charge in [-0.1, -0.05) is 6.07 Å². The highest BCUT2D eigenvalue weighted by Gasteiger charge is 2.18. The number of aromatic nitrogens is 2. The fourth-order valence-electron chi connectivity index (χ4n) is 1.52. The molecule has 0 amide bonds. The van der Waals surface area contributed by atoms with Crippen LogP contribution in [0.15, 0.2) is 40.0 Å². The minimum absolute atomic E-state index is 0.106. The van der Waals surface area contributed by atoms with Crippen LogP contribution in [0.4, 0.5) is 0 Å². The summed E-state index contributed by atoms with van der Waals surface area (Å²) < 4.78 is 27.4. The Labute approximate surface area is 119 Å². The molecule has 0 saturated heterocycles. The predicted octanol–water partition coefficient (Wildman–Crippen LogP) is 1.11. The Bertz CT molecular complexity index is 655. The second-order valence-corrected chi connectivity index (χ2v) is 6.42. The van der Waals surface area contributed by atoms with E-state index in [0.29, 0.717) is 10.3 Å². The van der Waals surface area contributed by atoms with E-state index in [0.717, 1.165) is 5.56 Å². The van der Waals surface area contributed by atoms with Gasteiger partial charge in [-0.05, 0) is 33.6 Å². The van der Waals surface area contributed by atoms with Gasteiger partial charge < -0.3 is 10.7 Å². The smallest absolute Gasteiger partial charge is 0.242 e. The summed E-state index contributed by atoms with van der Waals surface area (Å²) >= 11 is 3.23. The third-order valence-corrected chi connectivity index (χ3v) is 4.90. The fourth-order valence-corrected chi connectivity index (χ4v) is 3.52. The maximum absolute atomic E-state index is 12.2. The summed E-state index contributed by atoms with van der Waals surface area (Å²) in [4.78, 5) is 6.95. The molecule has 0 unspecified atom stereocenters. The first-order valence-electron chi connectivity index (χ1n) is 5.49. The first-order chi connectivity index (χ1) is 9.03. The Hall–Kier alpha value is -1.22. The van der Waals surface area contributed by atoms with E-state index < -0.39 is 10.0 Å². The van der Waals surface area contributed by atoms with Crippen molar-refractivity contribution in [3.8, 4) is 0 Å². The standard InChI is InChI=1S/C11H13BrN4O2S/c12-9-2-1-8(6-13)5-10(9)19(17,18)16-7-11-14-3-4-15-11/h1-5,16H,6-7,13H2,(H,14,15). The lowest BCUT2D eigenvalue weighted by molar-refractivity contribution is 0.579. The molecule has 1 heterocycles. The van der Waals surface area contributed by atoms with Crippen LogP contribution < -0.4 is 10.5 Å². The summed E-state index contributed by atoms with van der Waals surface area (Å²) in [6, 6.07) is 4.99. The number of imidazole rings is 1. The van der Waals surface area contributed by atoms with E-state index in [4.69, 9.17) is 5.73 Å². The van der Waals surface area contributed by atoms with Crippen molar-refractivity contribution in [2.45, 2.75) is 18.0 Å². The van der Waals surface area contributed by atoms with E-state index in [9.17, 15) is 8.42 Å². The molecule has 0 fully saturated rings. The summed E-state index contributed by atoms with van der Waals surface area (Å²) in [5.41, 5.74) is 6.27. The number of sulfonamides is 1. The molecule has 0 aliphatic rings. The third kappa shape index (κ3) is 3.41. The van der Waals surface area contributed by atoms with E-state index in [1.54, 1.807) is 30.6 Å². The van der Waals surface area contributed by atoms with Crippen molar-refractivity contribution >= 4 is 26.0 Å². The molecule has 2 aromatic rings. The van der Waals surface area contributed by atoms with Gasteiger partial charge in [0.2, 0.25) is 10.0 Å². The van der Waals surface area contributed by atoms with Gasteiger partial charge in [-0.15, -0.1) is 0 Å². The predicted molar refractivity (Wildman–Crippen MR) is 74.6 cm³/mol. The van der Waals surface area contributed by atoms with Gasteiger partial charge in [0.1, 0.15) is 5.82 Å². The first kappa shape index (κ1) is 14.2. The molecule has 0 aliphatic carbocycles. The molecule has 102 valence electrons. The molecule has 0 saturated carbocycles. The lowest BCUT2D eigenvalue weighted by Crippen LogP contribution is -2.24. The van der Waals surface area contributed by atoms with Gasteiger partial charge >= 0.3 is 0 Å². The number of nitrogens with one attached hydrogen (secondary N) is 2. The van der Waals surface area contributed by atoms with Crippen LogP contribution in [-0.2, 0) is 23.1 Å². The molecule has 6 nitrogen and oxygen atoms in total. The van der Waals surface area contributed by atoms with Crippen LogP contribution >= 0.6 is 15.9 Å². The van der Waals surface area contributed by atoms with Crippen molar-refractivity contribution in [1.29, 1.82) is 0 Å². The summed E-state index contributed by atoms with van der Waals surface area (Å²) in [6.45, 7) is 0.391. The average Bonchev–Trinajstić information content (AvgIpc) is 2.90. The summed E-state index contributed by atoms with van der Waals surface area (Å²) in [5.74, 6) is 0.551. The number of halogens is 1. The van der Waals surface area contributed by atoms with Crippen LogP contribution in [0.2, 0.25) is 0 Å². The minimum Gasteiger partial charge on any atom is -0.347 e. The molecule has 1 aromatic heterocycles. The van der Waals surface area contributed by atoms with E-state index in [-0.39, 0.29) is 18.0 Å². The number of aromatic amines is 1. The first-order valence-corrected chi connectivity index (χ1v) is 7.77. The van der Waals surface area contributed by atoms with Crippen LogP contribution in [-0.4, -0.2) is 18.4 Å². The normalized spacial score (nSPS) is 11.7. The van der Waals surface area contributed by atoms with Crippen LogP contribution in [0, 0.1) is 0 Å². The van der Waals surface area contributed by atoms with E-state index in [2.05, 4.69) is 30.6 Å². The number of nitrogens with two attached hydrogens (primary N) is 1. The zero-order valence-corrected chi connectivity index (χ0v) is 12.3. The lowest BCUT2D eigenvalue weighted by atomic mass is 10.2. The molecule has 19 heavy (non-hydrogen) atoms. The summed E-state index contributed by atoms with van der Waals surface area (Å²) in [5, 5.41) is 0. The quantitative estimate of drug-likeness (QED) is 0.756. The molecule has 8 heteroatoms. The van der Waals surface area contributed by atoms with E-state index >= 15 is 0 Å². The van der Waals surface area contributed by atoms with Crippen molar-refractivity contribution in [1.82, 2.24) is 14.7 Å². The number of nitrogens with zero attached hydrogens (tertiary/aromatic N) is 1. The summed E-state index contributed by atoms with van der Waals surface area (Å²) in [6.07, 6.45) is 3.20. The highest BCUT2D eigenvalue weighted by Crippen LogP contribution is 2.23. The second-order valence-electron chi connectivity index (χ2n) is 3.83. The topological polar surface area (TPSA) is 101 Å². The molecule has 0 atom stereocenters. The van der Waals surface area contributed by atoms with E-state index in [1.807, 2.05) is 0 Å². The molecule has 1 aromatic carbocycles. The van der Waals surface area contributed by atoms with Crippen molar-refractivity contribution in [2.75, 3.05) is 0 Å². The van der Waals surface area contributed by atoms with Crippen molar-refractivity contribution < 1.29 is 8.42 Å². The van der Waals surface area contributed by atoms with Crippen LogP contribution in [0.25, 0.3) is 0 Å². The monoisotopic (exact) mass is 344 g/mol. The second kappa shape index (κ2) is 5.83. The number of hydrogen-bond donors (Lipinski definition) is 3. The molecule has 2 rings (SSSR count). The largest absolute Gasteiger partial charge is 0.347 e. The highest BCUT2D eigenvalue weighted by atomic mass is 79.9. The van der Waals surface area contributed by atoms with Gasteiger partial charge in [-0.3, -0.25) is 0 Å². The molecule has 4 N–H and O–H groups in total. The summed E-state index contributed by atoms with van der Waals surface area (Å²) in [7, 11) is -3.61. The number of rotatable bonds is 5. The van der Waals surface area contributed by atoms with Crippen molar-refractivity contribution in [3.05, 3.63) is 46.5 Å². The minimum atomic E-state index is -3.61. The molecule has 0 aliphatic heterocycles. The zero-order chi connectivity index (χ0) is 13.9. The zero-order valence-electron chi connectivity index (χ0n) is 9.93. The SMILES string of the molecule is NCc1ccc(Br)c(S(=O)(=O)NCc2ncc[nH]2)c1. The third-order valence-electron chi connectivity index (χ3n) is 2.51. The Balaban J connectivity index is 2.23. The van der Waals surface area contributed by atoms with Crippen LogP contribution in [0.5, 0.6) is 0 Å². The Morgan fingerprint density at radius 2 is 2.21 bits per heavy atom. The highest BCUT2D eigenvalue weighted by molar-refractivity contribution is 9.10. The van der Waals surface area contributed by atoms with Gasteiger partial charge in [0.25, 0.3) is 0 Å². The Kier molecular flexibility index (Phi) is 4.35. The number of benzene rings is 1. The van der Waals surface area contributed by atoms with Crippen molar-refractivity contribution in [3.63, 3.8) is 0 Å². The Morgan fingerprint density at radius 3 is 2.84 bits per heavy atom. The fraction of sp³-hybridized carbons (Fsp3) is 0.182. The lowest BCUT2D eigenvalue weighted by Gasteiger charge is -2.09. The van der Waals surface area contributed by atoms with Gasteiger partial charge in [0.05, 0.1) is 11.4 Å². The number of hydrogen-bond acceptors (Lipinski definition) is 4. The molecule has 0 radical (unpaired) electrons. The van der Waals surface area contributed by atoms with Crippen molar-refractivity contribution in [2.24, 2.45) is 5.73 Å². The van der Waals surface area contributed by atoms with Gasteiger partial charge in [-0.2, -0.15) is 0 Å². The molecule has 0 bridgehead atoms. The van der Waals surface area contributed by atoms with Crippen LogP contribution in [0.1, 0.15) is 11.4 Å².